The quantitative estimate of drug-likeness (QED) is 0.243. The number of hydrogen-bond donors (Lipinski definition) is 3. The SMILES string of the molecule is CC(C)C(=O)Nc1cccc(C2CCN(CC[C@H](NS(=O)(=O)c3cc(Cl)cc(Cl)c3O)c3ccccc3)CC2)c1. The number of hydrogen-bond acceptors (Lipinski definition) is 5. The Hall–Kier alpha value is -2.62. The normalized spacial score (nSPS) is 15.7. The van der Waals surface area contributed by atoms with Gasteiger partial charge < -0.3 is 15.3 Å². The molecule has 1 aliphatic rings. The van der Waals surface area contributed by atoms with Crippen LogP contribution in [0.4, 0.5) is 5.69 Å². The zero-order valence-corrected chi connectivity index (χ0v) is 24.9. The number of sulfonamides is 1. The molecule has 3 aromatic carbocycles. The Labute approximate surface area is 246 Å². The van der Waals surface area contributed by atoms with Crippen LogP contribution in [0.3, 0.4) is 0 Å². The molecule has 1 aliphatic heterocycles. The third-order valence-corrected chi connectivity index (χ3v) is 9.24. The molecule has 4 rings (SSSR count). The van der Waals surface area contributed by atoms with Crippen LogP contribution in [0.5, 0.6) is 5.75 Å². The van der Waals surface area contributed by atoms with Crippen LogP contribution in [0, 0.1) is 5.92 Å². The zero-order chi connectivity index (χ0) is 28.9. The molecular formula is C30H35Cl2N3O4S. The monoisotopic (exact) mass is 603 g/mol. The maximum absolute atomic E-state index is 13.3. The molecule has 0 bridgehead atoms. The Balaban J connectivity index is 1.40. The molecule has 1 heterocycles. The number of amides is 1. The van der Waals surface area contributed by atoms with E-state index in [1.807, 2.05) is 56.3 Å². The second kappa shape index (κ2) is 13.4. The van der Waals surface area contributed by atoms with Gasteiger partial charge in [-0.1, -0.05) is 79.5 Å². The Morgan fingerprint density at radius 3 is 2.40 bits per heavy atom. The van der Waals surface area contributed by atoms with Gasteiger partial charge in [0, 0.05) is 22.7 Å². The highest BCUT2D eigenvalue weighted by Crippen LogP contribution is 2.35. The molecular weight excluding hydrogens is 569 g/mol. The number of piperidine rings is 1. The van der Waals surface area contributed by atoms with E-state index in [4.69, 9.17) is 23.2 Å². The number of phenols is 1. The fraction of sp³-hybridized carbons (Fsp3) is 0.367. The summed E-state index contributed by atoms with van der Waals surface area (Å²) in [7, 11) is -4.12. The highest BCUT2D eigenvalue weighted by molar-refractivity contribution is 7.89. The average Bonchev–Trinajstić information content (AvgIpc) is 2.93. The third kappa shape index (κ3) is 7.77. The maximum atomic E-state index is 13.3. The van der Waals surface area contributed by atoms with Gasteiger partial charge in [0.25, 0.3) is 0 Å². The average molecular weight is 605 g/mol. The molecule has 214 valence electrons. The van der Waals surface area contributed by atoms with E-state index in [-0.39, 0.29) is 26.8 Å². The van der Waals surface area contributed by atoms with E-state index in [1.54, 1.807) is 0 Å². The van der Waals surface area contributed by atoms with Gasteiger partial charge in [-0.25, -0.2) is 13.1 Å². The minimum Gasteiger partial charge on any atom is -0.505 e. The summed E-state index contributed by atoms with van der Waals surface area (Å²) < 4.78 is 29.3. The van der Waals surface area contributed by atoms with Gasteiger partial charge >= 0.3 is 0 Å². The second-order valence-electron chi connectivity index (χ2n) is 10.5. The van der Waals surface area contributed by atoms with Gasteiger partial charge in [-0.2, -0.15) is 0 Å². The first-order valence-corrected chi connectivity index (χ1v) is 15.7. The lowest BCUT2D eigenvalue weighted by molar-refractivity contribution is -0.118. The van der Waals surface area contributed by atoms with E-state index in [1.165, 1.54) is 17.7 Å². The van der Waals surface area contributed by atoms with E-state index in [0.29, 0.717) is 18.9 Å². The highest BCUT2D eigenvalue weighted by atomic mass is 35.5. The molecule has 10 heteroatoms. The van der Waals surface area contributed by atoms with Crippen LogP contribution >= 0.6 is 23.2 Å². The molecule has 0 unspecified atom stereocenters. The predicted octanol–water partition coefficient (Wildman–Crippen LogP) is 6.58. The van der Waals surface area contributed by atoms with Crippen molar-refractivity contribution in [3.63, 3.8) is 0 Å². The van der Waals surface area contributed by atoms with E-state index in [0.717, 1.165) is 37.2 Å². The van der Waals surface area contributed by atoms with Crippen LogP contribution in [0.1, 0.15) is 56.2 Å². The highest BCUT2D eigenvalue weighted by Gasteiger charge is 2.27. The number of benzene rings is 3. The minimum absolute atomic E-state index is 0.00392. The van der Waals surface area contributed by atoms with Crippen molar-refractivity contribution in [1.82, 2.24) is 9.62 Å². The van der Waals surface area contributed by atoms with E-state index < -0.39 is 21.8 Å². The van der Waals surface area contributed by atoms with Crippen LogP contribution in [0.25, 0.3) is 0 Å². The molecule has 1 amide bonds. The summed E-state index contributed by atoms with van der Waals surface area (Å²) in [5.74, 6) is -0.208. The number of likely N-dealkylation sites (tertiary alicyclic amines) is 1. The number of rotatable bonds is 10. The lowest BCUT2D eigenvalue weighted by atomic mass is 9.89. The van der Waals surface area contributed by atoms with Crippen molar-refractivity contribution in [2.45, 2.75) is 50.0 Å². The summed E-state index contributed by atoms with van der Waals surface area (Å²) in [5, 5.41) is 13.3. The van der Waals surface area contributed by atoms with Crippen molar-refractivity contribution in [2.75, 3.05) is 25.0 Å². The predicted molar refractivity (Wildman–Crippen MR) is 161 cm³/mol. The zero-order valence-electron chi connectivity index (χ0n) is 22.6. The molecule has 40 heavy (non-hydrogen) atoms. The number of nitrogens with zero attached hydrogens (tertiary/aromatic N) is 1. The lowest BCUT2D eigenvalue weighted by Gasteiger charge is -2.33. The van der Waals surface area contributed by atoms with Crippen LogP contribution in [-0.2, 0) is 14.8 Å². The van der Waals surface area contributed by atoms with Crippen molar-refractivity contribution in [3.8, 4) is 5.75 Å². The third-order valence-electron chi connectivity index (χ3n) is 7.25. The van der Waals surface area contributed by atoms with E-state index in [9.17, 15) is 18.3 Å². The van der Waals surface area contributed by atoms with Crippen molar-refractivity contribution in [3.05, 3.63) is 87.9 Å². The molecule has 3 aromatic rings. The van der Waals surface area contributed by atoms with Crippen molar-refractivity contribution in [1.29, 1.82) is 0 Å². The first-order valence-electron chi connectivity index (χ1n) is 13.4. The Morgan fingerprint density at radius 1 is 1.02 bits per heavy atom. The number of phenolic OH excluding ortho intramolecular Hbond substituents is 1. The van der Waals surface area contributed by atoms with E-state index in [2.05, 4.69) is 27.1 Å². The molecule has 1 fully saturated rings. The smallest absolute Gasteiger partial charge is 0.244 e. The summed E-state index contributed by atoms with van der Waals surface area (Å²) in [4.78, 5) is 14.1. The Kier molecular flexibility index (Phi) is 10.1. The number of halogens is 2. The number of anilines is 1. The number of nitrogens with one attached hydrogen (secondary N) is 2. The standard InChI is InChI=1S/C30H35Cl2N3O4S/c1-20(2)30(37)33-25-10-6-9-23(17-25)21-11-14-35(15-12-21)16-13-27(22-7-4-3-5-8-22)34-40(38,39)28-19-24(31)18-26(32)29(28)36/h3-10,17-21,27,34,36H,11-16H2,1-2H3,(H,33,37)/t27-/m0/s1. The fourth-order valence-electron chi connectivity index (χ4n) is 4.94. The summed E-state index contributed by atoms with van der Waals surface area (Å²) in [6.07, 6.45) is 2.48. The molecule has 0 spiro atoms. The van der Waals surface area contributed by atoms with Gasteiger partial charge in [-0.3, -0.25) is 4.79 Å². The van der Waals surface area contributed by atoms with Gasteiger partial charge in [0.1, 0.15) is 4.90 Å². The van der Waals surface area contributed by atoms with Crippen LogP contribution < -0.4 is 10.0 Å². The minimum atomic E-state index is -4.12. The summed E-state index contributed by atoms with van der Waals surface area (Å²) >= 11 is 12.0. The van der Waals surface area contributed by atoms with Gasteiger partial charge in [0.05, 0.1) is 5.02 Å². The number of aromatic hydroxyl groups is 1. The van der Waals surface area contributed by atoms with Crippen LogP contribution in [-0.4, -0.2) is 44.0 Å². The molecule has 1 saturated heterocycles. The Morgan fingerprint density at radius 2 is 1.73 bits per heavy atom. The molecule has 0 radical (unpaired) electrons. The number of carbonyl (C=O) groups excluding carboxylic acids is 1. The van der Waals surface area contributed by atoms with E-state index >= 15 is 0 Å². The van der Waals surface area contributed by atoms with Crippen molar-refractivity contribution >= 4 is 44.8 Å². The van der Waals surface area contributed by atoms with Crippen LogP contribution in [0.15, 0.2) is 71.6 Å². The molecule has 1 atom stereocenters. The van der Waals surface area contributed by atoms with Gasteiger partial charge in [-0.05, 0) is 80.2 Å². The van der Waals surface area contributed by atoms with Crippen molar-refractivity contribution < 1.29 is 18.3 Å². The molecule has 7 nitrogen and oxygen atoms in total. The molecule has 0 saturated carbocycles. The summed E-state index contributed by atoms with van der Waals surface area (Å²) in [5.41, 5.74) is 2.87. The van der Waals surface area contributed by atoms with Crippen LogP contribution in [0.2, 0.25) is 10.0 Å². The molecule has 0 aromatic heterocycles. The topological polar surface area (TPSA) is 98.7 Å². The fourth-order valence-corrected chi connectivity index (χ4v) is 6.95. The van der Waals surface area contributed by atoms with Crippen molar-refractivity contribution in [2.24, 2.45) is 5.92 Å². The first-order chi connectivity index (χ1) is 19.0. The summed E-state index contributed by atoms with van der Waals surface area (Å²) in [6.45, 7) is 6.21. The van der Waals surface area contributed by atoms with Gasteiger partial charge in [0.2, 0.25) is 15.9 Å². The summed E-state index contributed by atoms with van der Waals surface area (Å²) in [6, 6.07) is 19.5. The lowest BCUT2D eigenvalue weighted by Crippen LogP contribution is -2.36. The molecule has 0 aliphatic carbocycles. The largest absolute Gasteiger partial charge is 0.505 e. The number of carbonyl (C=O) groups is 1. The van der Waals surface area contributed by atoms with Gasteiger partial charge in [-0.15, -0.1) is 0 Å². The first kappa shape index (κ1) is 30.3. The maximum Gasteiger partial charge on any atom is 0.244 e. The molecule has 3 N–H and O–H groups in total. The second-order valence-corrected chi connectivity index (χ2v) is 13.0. The van der Waals surface area contributed by atoms with Gasteiger partial charge in [0.15, 0.2) is 5.75 Å². The Bertz CT molecular complexity index is 1430.